The van der Waals surface area contributed by atoms with Gasteiger partial charge < -0.3 is 9.64 Å². The van der Waals surface area contributed by atoms with Gasteiger partial charge in [-0.15, -0.1) is 0 Å². The van der Waals surface area contributed by atoms with Crippen LogP contribution in [0.1, 0.15) is 40.4 Å². The van der Waals surface area contributed by atoms with Crippen molar-refractivity contribution in [1.82, 2.24) is 0 Å². The third-order valence-corrected chi connectivity index (χ3v) is 6.01. The van der Waals surface area contributed by atoms with E-state index in [1.807, 2.05) is 0 Å². The van der Waals surface area contributed by atoms with Gasteiger partial charge >= 0.3 is 12.4 Å². The maximum absolute atomic E-state index is 13.3. The van der Waals surface area contributed by atoms with E-state index in [0.29, 0.717) is 34.5 Å². The Morgan fingerprint density at radius 2 is 1.70 bits per heavy atom. The lowest BCUT2D eigenvalue weighted by Crippen LogP contribution is -2.37. The zero-order valence-corrected chi connectivity index (χ0v) is 19.9. The highest BCUT2D eigenvalue weighted by Gasteiger charge is 2.34. The van der Waals surface area contributed by atoms with Gasteiger partial charge in [0.1, 0.15) is 17.2 Å². The number of aryl methyl sites for hydroxylation is 1. The average molecular weight is 520 g/mol. The lowest BCUT2D eigenvalue weighted by Gasteiger charge is -2.30. The Morgan fingerprint density at radius 3 is 2.30 bits per heavy atom. The molecule has 0 spiro atoms. The number of aliphatic imine (C=N–C) groups is 1. The van der Waals surface area contributed by atoms with Crippen LogP contribution in [0.15, 0.2) is 65.7 Å². The minimum atomic E-state index is -4.52. The first-order chi connectivity index (χ1) is 17.4. The predicted molar refractivity (Wildman–Crippen MR) is 128 cm³/mol. The molecule has 4 nitrogen and oxygen atoms in total. The summed E-state index contributed by atoms with van der Waals surface area (Å²) in [6, 6.07) is 13.8. The molecule has 0 unspecified atom stereocenters. The summed E-state index contributed by atoms with van der Waals surface area (Å²) in [6.45, 7) is 3.30. The van der Waals surface area contributed by atoms with Crippen molar-refractivity contribution >= 4 is 23.0 Å². The predicted octanol–water partition coefficient (Wildman–Crippen LogP) is 8.05. The van der Waals surface area contributed by atoms with Gasteiger partial charge in [0.25, 0.3) is 5.91 Å². The first-order valence-electron chi connectivity index (χ1n) is 11.4. The molecule has 1 aliphatic rings. The van der Waals surface area contributed by atoms with Crippen molar-refractivity contribution in [2.24, 2.45) is 4.99 Å². The first-order valence-corrected chi connectivity index (χ1v) is 11.4. The normalized spacial score (nSPS) is 14.5. The molecule has 0 saturated carbocycles. The molecule has 0 bridgehead atoms. The topological polar surface area (TPSA) is 41.9 Å². The second-order valence-corrected chi connectivity index (χ2v) is 8.49. The molecule has 0 aliphatic carbocycles. The fraction of sp³-hybridized carbons (Fsp3) is 0.259. The Bertz CT molecular complexity index is 1340. The van der Waals surface area contributed by atoms with Crippen molar-refractivity contribution in [3.05, 3.63) is 82.9 Å². The summed E-state index contributed by atoms with van der Waals surface area (Å²) >= 11 is 0. The summed E-state index contributed by atoms with van der Waals surface area (Å²) in [6.07, 6.45) is -8.83. The largest absolute Gasteiger partial charge is 0.457 e. The number of nitrogens with zero attached hydrogens (tertiary/aromatic N) is 2. The highest BCUT2D eigenvalue weighted by molar-refractivity contribution is 6.08. The number of carbonyl (C=O) groups is 1. The number of alkyl halides is 6. The molecule has 0 aromatic heterocycles. The van der Waals surface area contributed by atoms with Gasteiger partial charge in [0.05, 0.1) is 11.3 Å². The molecule has 3 aromatic carbocycles. The number of anilines is 1. The third kappa shape index (κ3) is 5.63. The molecule has 1 amide bonds. The number of benzene rings is 3. The molecule has 0 saturated heterocycles. The fourth-order valence-corrected chi connectivity index (χ4v) is 4.10. The average Bonchev–Trinajstić information content (AvgIpc) is 2.83. The molecule has 0 radical (unpaired) electrons. The highest BCUT2D eigenvalue weighted by Crippen LogP contribution is 2.36. The highest BCUT2D eigenvalue weighted by atomic mass is 19.4. The molecule has 37 heavy (non-hydrogen) atoms. The maximum Gasteiger partial charge on any atom is 0.429 e. The van der Waals surface area contributed by atoms with E-state index in [0.717, 1.165) is 12.1 Å². The summed E-state index contributed by atoms with van der Waals surface area (Å²) in [5.74, 6) is 0.248. The smallest absolute Gasteiger partial charge is 0.429 e. The fourth-order valence-electron chi connectivity index (χ4n) is 4.10. The number of rotatable bonds is 5. The van der Waals surface area contributed by atoms with Gasteiger partial charge in [-0.3, -0.25) is 4.79 Å². The lowest BCUT2D eigenvalue weighted by molar-refractivity contribution is -0.137. The van der Waals surface area contributed by atoms with Crippen molar-refractivity contribution in [3.63, 3.8) is 0 Å². The van der Waals surface area contributed by atoms with Gasteiger partial charge in [0.2, 0.25) is 0 Å². The van der Waals surface area contributed by atoms with Crippen LogP contribution in [-0.2, 0) is 12.6 Å². The van der Waals surface area contributed by atoms with E-state index in [-0.39, 0.29) is 30.3 Å². The Hall–Kier alpha value is -3.82. The van der Waals surface area contributed by atoms with Crippen LogP contribution in [0.5, 0.6) is 11.5 Å². The van der Waals surface area contributed by atoms with E-state index in [1.54, 1.807) is 37.3 Å². The van der Waals surface area contributed by atoms with Crippen LogP contribution in [0.3, 0.4) is 0 Å². The van der Waals surface area contributed by atoms with Crippen LogP contribution in [0.4, 0.5) is 37.7 Å². The lowest BCUT2D eigenvalue weighted by atomic mass is 9.97. The molecule has 0 fully saturated rings. The minimum absolute atomic E-state index is 0.176. The Kier molecular flexibility index (Phi) is 7.03. The standard InChI is InChI=1S/C27H22F6N2O2/c1-3-24(27(31,32)33)34-22-12-9-18(15-16(22)2)35-14-13-20-21(25(35)36)5-4-6-23(20)37-19-10-7-17(8-11-19)26(28,29)30/h4-12,15H,3,13-14H2,1-2H3. The molecule has 3 aromatic rings. The van der Waals surface area contributed by atoms with Crippen molar-refractivity contribution in [2.45, 2.75) is 39.0 Å². The first kappa shape index (κ1) is 26.2. The van der Waals surface area contributed by atoms with Gasteiger partial charge in [-0.25, -0.2) is 4.99 Å². The van der Waals surface area contributed by atoms with Crippen molar-refractivity contribution in [3.8, 4) is 11.5 Å². The third-order valence-electron chi connectivity index (χ3n) is 6.01. The van der Waals surface area contributed by atoms with Gasteiger partial charge in [-0.05, 0) is 79.9 Å². The van der Waals surface area contributed by atoms with E-state index < -0.39 is 23.6 Å². The zero-order valence-electron chi connectivity index (χ0n) is 19.9. The molecule has 194 valence electrons. The summed E-state index contributed by atoms with van der Waals surface area (Å²) < 4.78 is 83.6. The molecule has 0 atom stereocenters. The molecule has 1 heterocycles. The number of amides is 1. The van der Waals surface area contributed by atoms with E-state index in [4.69, 9.17) is 4.74 Å². The van der Waals surface area contributed by atoms with Crippen molar-refractivity contribution in [1.29, 1.82) is 0 Å². The van der Waals surface area contributed by atoms with Crippen LogP contribution >= 0.6 is 0 Å². The Labute approximate surface area is 209 Å². The maximum atomic E-state index is 13.3. The number of fused-ring (bicyclic) bond motifs is 1. The molecule has 4 rings (SSSR count). The number of halogens is 6. The van der Waals surface area contributed by atoms with Crippen molar-refractivity contribution < 1.29 is 35.9 Å². The second kappa shape index (κ2) is 9.91. The number of carbonyl (C=O) groups excluding carboxylic acids is 1. The Morgan fingerprint density at radius 1 is 1.00 bits per heavy atom. The number of ether oxygens (including phenoxy) is 1. The van der Waals surface area contributed by atoms with Gasteiger partial charge in [0.15, 0.2) is 0 Å². The van der Waals surface area contributed by atoms with Gasteiger partial charge in [-0.1, -0.05) is 13.0 Å². The van der Waals surface area contributed by atoms with Gasteiger partial charge in [-0.2, -0.15) is 26.3 Å². The summed E-state index contributed by atoms with van der Waals surface area (Å²) in [5, 5.41) is 0. The van der Waals surface area contributed by atoms with Crippen LogP contribution in [0.2, 0.25) is 0 Å². The molecule has 0 N–H and O–H groups in total. The van der Waals surface area contributed by atoms with Gasteiger partial charge in [0, 0.05) is 23.4 Å². The van der Waals surface area contributed by atoms with E-state index in [2.05, 4.69) is 4.99 Å². The van der Waals surface area contributed by atoms with E-state index in [9.17, 15) is 31.1 Å². The zero-order chi connectivity index (χ0) is 27.0. The molecular weight excluding hydrogens is 498 g/mol. The SMILES string of the molecule is CCC(=Nc1ccc(N2CCc3c(Oc4ccc(C(F)(F)F)cc4)cccc3C2=O)cc1C)C(F)(F)F. The quantitative estimate of drug-likeness (QED) is 0.252. The molecule has 10 heteroatoms. The van der Waals surface area contributed by atoms with E-state index >= 15 is 0 Å². The summed E-state index contributed by atoms with van der Waals surface area (Å²) in [7, 11) is 0. The van der Waals surface area contributed by atoms with Crippen molar-refractivity contribution in [2.75, 3.05) is 11.4 Å². The number of hydrogen-bond donors (Lipinski definition) is 0. The van der Waals surface area contributed by atoms with Crippen LogP contribution in [-0.4, -0.2) is 24.3 Å². The molecule has 1 aliphatic heterocycles. The van der Waals surface area contributed by atoms with Crippen LogP contribution < -0.4 is 9.64 Å². The monoisotopic (exact) mass is 520 g/mol. The summed E-state index contributed by atoms with van der Waals surface area (Å²) in [4.78, 5) is 18.6. The Balaban J connectivity index is 1.57. The summed E-state index contributed by atoms with van der Waals surface area (Å²) in [5.41, 5.74) is 0.510. The number of hydrogen-bond acceptors (Lipinski definition) is 3. The van der Waals surface area contributed by atoms with Crippen LogP contribution in [0.25, 0.3) is 0 Å². The molecular formula is C27H22F6N2O2. The van der Waals surface area contributed by atoms with E-state index in [1.165, 1.54) is 30.0 Å². The minimum Gasteiger partial charge on any atom is -0.457 e. The second-order valence-electron chi connectivity index (χ2n) is 8.49. The van der Waals surface area contributed by atoms with Crippen LogP contribution in [0, 0.1) is 6.92 Å².